The summed E-state index contributed by atoms with van der Waals surface area (Å²) < 4.78 is 10.2. The molecule has 2 atom stereocenters. The van der Waals surface area contributed by atoms with Gasteiger partial charge in [0.15, 0.2) is 0 Å². The van der Waals surface area contributed by atoms with E-state index in [0.717, 1.165) is 51.4 Å². The summed E-state index contributed by atoms with van der Waals surface area (Å²) in [4.78, 5) is 52.0. The minimum Gasteiger partial charge on any atom is -0.466 e. The van der Waals surface area contributed by atoms with Gasteiger partial charge in [0, 0.05) is 39.3 Å². The van der Waals surface area contributed by atoms with Crippen molar-refractivity contribution in [2.75, 3.05) is 52.5 Å². The van der Waals surface area contributed by atoms with Crippen molar-refractivity contribution in [2.24, 2.45) is 11.8 Å². The van der Waals surface area contributed by atoms with E-state index in [1.54, 1.807) is 23.6 Å². The minimum atomic E-state index is -0.226. The molecule has 2 aliphatic rings. The number of likely N-dealkylation sites (tertiary alicyclic amines) is 2. The zero-order chi connectivity index (χ0) is 24.8. The maximum absolute atomic E-state index is 12.4. The first-order chi connectivity index (χ1) is 16.5. The van der Waals surface area contributed by atoms with Crippen LogP contribution in [0.3, 0.4) is 0 Å². The van der Waals surface area contributed by atoms with Crippen LogP contribution in [0.1, 0.15) is 65.2 Å². The average Bonchev–Trinajstić information content (AvgIpc) is 2.85. The number of piperidine rings is 2. The lowest BCUT2D eigenvalue weighted by Crippen LogP contribution is -2.47. The number of nitrogens with one attached hydrogen (secondary N) is 2. The highest BCUT2D eigenvalue weighted by Gasteiger charge is 2.30. The van der Waals surface area contributed by atoms with Crippen LogP contribution in [0.5, 0.6) is 0 Å². The quantitative estimate of drug-likeness (QED) is 0.345. The molecule has 194 valence electrons. The molecule has 2 N–H and O–H groups in total. The molecule has 0 saturated carbocycles. The molecule has 2 heterocycles. The van der Waals surface area contributed by atoms with Gasteiger partial charge < -0.3 is 29.9 Å². The summed E-state index contributed by atoms with van der Waals surface area (Å²) in [6.07, 6.45) is 6.79. The molecule has 0 spiro atoms. The predicted octanol–water partition coefficient (Wildman–Crippen LogP) is 2.52. The Labute approximate surface area is 203 Å². The van der Waals surface area contributed by atoms with Crippen molar-refractivity contribution in [2.45, 2.75) is 65.2 Å². The van der Waals surface area contributed by atoms with Crippen LogP contribution in [-0.4, -0.2) is 86.3 Å². The molecule has 10 heteroatoms. The fraction of sp³-hybridized carbons (Fsp3) is 0.833. The first kappa shape index (κ1) is 27.7. The van der Waals surface area contributed by atoms with E-state index in [-0.39, 0.29) is 35.8 Å². The smallest absolute Gasteiger partial charge is 0.317 e. The second-order valence-corrected chi connectivity index (χ2v) is 8.95. The molecule has 0 radical (unpaired) electrons. The van der Waals surface area contributed by atoms with Crippen molar-refractivity contribution >= 4 is 24.0 Å². The maximum atomic E-state index is 12.4. The Kier molecular flexibility index (Phi) is 12.6. The second kappa shape index (κ2) is 15.4. The Morgan fingerprint density at radius 3 is 1.50 bits per heavy atom. The summed E-state index contributed by atoms with van der Waals surface area (Å²) in [5.41, 5.74) is 0. The van der Waals surface area contributed by atoms with E-state index in [1.165, 1.54) is 0 Å². The van der Waals surface area contributed by atoms with Crippen LogP contribution < -0.4 is 10.6 Å². The highest BCUT2D eigenvalue weighted by Crippen LogP contribution is 2.19. The molecule has 34 heavy (non-hydrogen) atoms. The van der Waals surface area contributed by atoms with E-state index in [0.29, 0.717) is 52.5 Å². The monoisotopic (exact) mass is 482 g/mol. The van der Waals surface area contributed by atoms with Crippen molar-refractivity contribution in [1.82, 2.24) is 20.4 Å². The molecule has 2 fully saturated rings. The molecule has 2 rings (SSSR count). The molecule has 2 unspecified atom stereocenters. The number of carbonyl (C=O) groups excluding carboxylic acids is 4. The van der Waals surface area contributed by atoms with Crippen molar-refractivity contribution in [3.8, 4) is 0 Å². The maximum Gasteiger partial charge on any atom is 0.317 e. The second-order valence-electron chi connectivity index (χ2n) is 8.95. The fourth-order valence-corrected chi connectivity index (χ4v) is 4.45. The van der Waals surface area contributed by atoms with Crippen molar-refractivity contribution in [1.29, 1.82) is 0 Å². The van der Waals surface area contributed by atoms with E-state index in [9.17, 15) is 19.2 Å². The van der Waals surface area contributed by atoms with Gasteiger partial charge in [0.05, 0.1) is 25.0 Å². The fourth-order valence-electron chi connectivity index (χ4n) is 4.45. The van der Waals surface area contributed by atoms with Gasteiger partial charge in [-0.25, -0.2) is 9.59 Å². The van der Waals surface area contributed by atoms with Gasteiger partial charge in [0.25, 0.3) is 0 Å². The average molecular weight is 483 g/mol. The van der Waals surface area contributed by atoms with Crippen LogP contribution in [0.2, 0.25) is 0 Å². The predicted molar refractivity (Wildman–Crippen MR) is 127 cm³/mol. The van der Waals surface area contributed by atoms with Gasteiger partial charge in [-0.2, -0.15) is 0 Å². The summed E-state index contributed by atoms with van der Waals surface area (Å²) in [5.74, 6) is -0.885. The number of carbonyl (C=O) groups is 4. The third kappa shape index (κ3) is 9.38. The van der Waals surface area contributed by atoms with Crippen LogP contribution >= 0.6 is 0 Å². The van der Waals surface area contributed by atoms with Gasteiger partial charge in [0.1, 0.15) is 0 Å². The van der Waals surface area contributed by atoms with Gasteiger partial charge in [-0.15, -0.1) is 0 Å². The summed E-state index contributed by atoms with van der Waals surface area (Å²) in [6.45, 7) is 7.65. The van der Waals surface area contributed by atoms with Gasteiger partial charge in [0.2, 0.25) is 0 Å². The highest BCUT2D eigenvalue weighted by molar-refractivity contribution is 5.78. The van der Waals surface area contributed by atoms with Gasteiger partial charge in [-0.1, -0.05) is 12.8 Å². The molecule has 0 aliphatic carbocycles. The number of hydrogen-bond acceptors (Lipinski definition) is 6. The first-order valence-electron chi connectivity index (χ1n) is 12.8. The number of unbranched alkanes of at least 4 members (excludes halogenated alkanes) is 3. The number of nitrogens with zero attached hydrogens (tertiary/aromatic N) is 2. The van der Waals surface area contributed by atoms with E-state index in [1.807, 2.05) is 0 Å². The molecule has 2 aliphatic heterocycles. The van der Waals surface area contributed by atoms with Crippen LogP contribution in [0.4, 0.5) is 9.59 Å². The molecule has 0 aromatic heterocycles. The Morgan fingerprint density at radius 1 is 0.706 bits per heavy atom. The number of esters is 2. The number of urea groups is 2. The summed E-state index contributed by atoms with van der Waals surface area (Å²) in [5, 5.41) is 5.88. The van der Waals surface area contributed by atoms with Gasteiger partial charge >= 0.3 is 24.0 Å². The zero-order valence-corrected chi connectivity index (χ0v) is 20.8. The molecule has 0 aromatic rings. The summed E-state index contributed by atoms with van der Waals surface area (Å²) in [6, 6.07) is -0.243. The molecule has 0 aromatic carbocycles. The molecule has 0 bridgehead atoms. The normalized spacial score (nSPS) is 20.4. The highest BCUT2D eigenvalue weighted by atomic mass is 16.5. The summed E-state index contributed by atoms with van der Waals surface area (Å²) in [7, 11) is 0. The summed E-state index contributed by atoms with van der Waals surface area (Å²) >= 11 is 0. The lowest BCUT2D eigenvalue weighted by atomic mass is 9.98. The van der Waals surface area contributed by atoms with Crippen LogP contribution in [-0.2, 0) is 19.1 Å². The first-order valence-corrected chi connectivity index (χ1v) is 12.8. The third-order valence-electron chi connectivity index (χ3n) is 6.31. The lowest BCUT2D eigenvalue weighted by Gasteiger charge is -2.31. The number of ether oxygens (including phenoxy) is 2. The van der Waals surface area contributed by atoms with Crippen LogP contribution in [0, 0.1) is 11.8 Å². The number of amides is 4. The topological polar surface area (TPSA) is 117 Å². The minimum absolute atomic E-state index is 0.121. The van der Waals surface area contributed by atoms with Crippen LogP contribution in [0.15, 0.2) is 0 Å². The van der Waals surface area contributed by atoms with Crippen LogP contribution in [0.25, 0.3) is 0 Å². The Hall–Kier alpha value is -2.52. The van der Waals surface area contributed by atoms with Crippen molar-refractivity contribution in [3.63, 3.8) is 0 Å². The number of hydrogen-bond donors (Lipinski definition) is 2. The molecule has 2 saturated heterocycles. The molecule has 4 amide bonds. The SMILES string of the molecule is CCOC(=O)C1CCCN(C(=O)NCCCCCCNC(=O)N2CCCC(C(=O)OCC)C2)C1. The number of rotatable bonds is 11. The zero-order valence-electron chi connectivity index (χ0n) is 20.8. The van der Waals surface area contributed by atoms with E-state index >= 15 is 0 Å². The molecular weight excluding hydrogens is 440 g/mol. The lowest BCUT2D eigenvalue weighted by molar-refractivity contribution is -0.150. The third-order valence-corrected chi connectivity index (χ3v) is 6.31. The Bertz CT molecular complexity index is 618. The van der Waals surface area contributed by atoms with E-state index in [4.69, 9.17) is 9.47 Å². The largest absolute Gasteiger partial charge is 0.466 e. The van der Waals surface area contributed by atoms with E-state index < -0.39 is 0 Å². The molecule has 10 nitrogen and oxygen atoms in total. The van der Waals surface area contributed by atoms with E-state index in [2.05, 4.69) is 10.6 Å². The van der Waals surface area contributed by atoms with Crippen molar-refractivity contribution in [3.05, 3.63) is 0 Å². The molecular formula is C24H42N4O6. The Morgan fingerprint density at radius 2 is 1.12 bits per heavy atom. The van der Waals surface area contributed by atoms with Gasteiger partial charge in [-0.3, -0.25) is 9.59 Å². The Balaban J connectivity index is 1.51. The van der Waals surface area contributed by atoms with Crippen molar-refractivity contribution < 1.29 is 28.7 Å². The van der Waals surface area contributed by atoms with Gasteiger partial charge in [-0.05, 0) is 52.4 Å². The standard InChI is InChI=1S/C24H42N4O6/c1-3-33-21(29)19-11-9-15-27(17-19)23(31)25-13-7-5-6-8-14-26-24(32)28-16-10-12-20(18-28)22(30)34-4-2/h19-20H,3-18H2,1-2H3,(H,25,31)(H,26,32).